The lowest BCUT2D eigenvalue weighted by Gasteiger charge is -2.15. The Morgan fingerprint density at radius 2 is 1.89 bits per heavy atom. The molecule has 0 heterocycles. The van der Waals surface area contributed by atoms with E-state index in [0.29, 0.717) is 17.9 Å². The van der Waals surface area contributed by atoms with Crippen LogP contribution in [0.15, 0.2) is 59.1 Å². The van der Waals surface area contributed by atoms with Crippen molar-refractivity contribution in [1.82, 2.24) is 5.32 Å². The first-order chi connectivity index (χ1) is 13.2. The van der Waals surface area contributed by atoms with Gasteiger partial charge in [-0.15, -0.1) is 0 Å². The van der Waals surface area contributed by atoms with Gasteiger partial charge in [0.2, 0.25) is 0 Å². The van der Waals surface area contributed by atoms with Crippen molar-refractivity contribution in [3.05, 3.63) is 64.7 Å². The molecule has 0 spiro atoms. The highest BCUT2D eigenvalue weighted by atomic mass is 79.9. The smallest absolute Gasteiger partial charge is 0.261 e. The lowest BCUT2D eigenvalue weighted by atomic mass is 10.2. The molecule has 0 aromatic heterocycles. The van der Waals surface area contributed by atoms with Gasteiger partial charge in [-0.2, -0.15) is 0 Å². The molecule has 0 aliphatic heterocycles. The lowest BCUT2D eigenvalue weighted by Crippen LogP contribution is -2.34. The standard InChI is InChI=1S/C21H23BrN2O3S/c1-13(2)12-26-17-8-6-16(7-9-17)23-21(28)24-20(25)18-11-15(22)5-10-19(18)27-14(3)4/h5-11,14H,1,12H2,2-4H3,(H2,23,24,25,28). The summed E-state index contributed by atoms with van der Waals surface area (Å²) < 4.78 is 12.0. The normalized spacial score (nSPS) is 10.3. The zero-order valence-corrected chi connectivity index (χ0v) is 18.4. The number of nitrogens with one attached hydrogen (secondary N) is 2. The fourth-order valence-corrected chi connectivity index (χ4v) is 2.78. The van der Waals surface area contributed by atoms with E-state index in [-0.39, 0.29) is 17.1 Å². The maximum Gasteiger partial charge on any atom is 0.261 e. The molecular weight excluding hydrogens is 440 g/mol. The number of carbonyl (C=O) groups is 1. The Bertz CT molecular complexity index is 866. The molecule has 2 N–H and O–H groups in total. The second-order valence-electron chi connectivity index (χ2n) is 6.49. The van der Waals surface area contributed by atoms with Crippen molar-refractivity contribution < 1.29 is 14.3 Å². The van der Waals surface area contributed by atoms with Crippen molar-refractivity contribution in [3.8, 4) is 11.5 Å². The monoisotopic (exact) mass is 462 g/mol. The molecule has 2 aromatic carbocycles. The van der Waals surface area contributed by atoms with Gasteiger partial charge in [0.1, 0.15) is 18.1 Å². The van der Waals surface area contributed by atoms with Gasteiger partial charge >= 0.3 is 0 Å². The Balaban J connectivity index is 2.00. The van der Waals surface area contributed by atoms with Crippen molar-refractivity contribution in [2.45, 2.75) is 26.9 Å². The van der Waals surface area contributed by atoms with Crippen LogP contribution >= 0.6 is 28.1 Å². The summed E-state index contributed by atoms with van der Waals surface area (Å²) in [4.78, 5) is 12.6. The number of thiocarbonyl (C=S) groups is 1. The third-order valence-corrected chi connectivity index (χ3v) is 4.07. The third-order valence-electron chi connectivity index (χ3n) is 3.37. The van der Waals surface area contributed by atoms with Crippen LogP contribution in [-0.4, -0.2) is 23.7 Å². The molecule has 0 aliphatic carbocycles. The molecule has 0 aliphatic rings. The molecule has 0 saturated carbocycles. The minimum Gasteiger partial charge on any atom is -0.490 e. The van der Waals surface area contributed by atoms with Gasteiger partial charge in [-0.05, 0) is 81.0 Å². The van der Waals surface area contributed by atoms with Crippen LogP contribution in [0.2, 0.25) is 0 Å². The summed E-state index contributed by atoms with van der Waals surface area (Å²) in [5.74, 6) is 0.876. The van der Waals surface area contributed by atoms with Crippen molar-refractivity contribution in [2.24, 2.45) is 0 Å². The van der Waals surface area contributed by atoms with Gasteiger partial charge in [0, 0.05) is 10.2 Å². The molecule has 2 aromatic rings. The summed E-state index contributed by atoms with van der Waals surface area (Å²) in [6, 6.07) is 12.5. The molecule has 0 radical (unpaired) electrons. The summed E-state index contributed by atoms with van der Waals surface area (Å²) in [6.45, 7) is 9.97. The van der Waals surface area contributed by atoms with Crippen LogP contribution in [-0.2, 0) is 0 Å². The number of hydrogen-bond donors (Lipinski definition) is 2. The molecule has 0 fully saturated rings. The topological polar surface area (TPSA) is 59.6 Å². The van der Waals surface area contributed by atoms with Crippen LogP contribution in [0.25, 0.3) is 0 Å². The molecule has 148 valence electrons. The van der Waals surface area contributed by atoms with Crippen LogP contribution in [0.5, 0.6) is 11.5 Å². The maximum atomic E-state index is 12.6. The lowest BCUT2D eigenvalue weighted by molar-refractivity contribution is 0.0972. The molecule has 2 rings (SSSR count). The van der Waals surface area contributed by atoms with E-state index in [9.17, 15) is 4.79 Å². The predicted molar refractivity (Wildman–Crippen MR) is 120 cm³/mol. The first kappa shape index (κ1) is 21.9. The molecule has 0 unspecified atom stereocenters. The second-order valence-corrected chi connectivity index (χ2v) is 7.81. The zero-order valence-electron chi connectivity index (χ0n) is 16.0. The summed E-state index contributed by atoms with van der Waals surface area (Å²) >= 11 is 8.63. The molecular formula is C21H23BrN2O3S. The number of carbonyl (C=O) groups excluding carboxylic acids is 1. The first-order valence-corrected chi connectivity index (χ1v) is 9.90. The van der Waals surface area contributed by atoms with Crippen LogP contribution in [0.4, 0.5) is 5.69 Å². The molecule has 0 bridgehead atoms. The van der Waals surface area contributed by atoms with Gasteiger partial charge < -0.3 is 14.8 Å². The number of ether oxygens (including phenoxy) is 2. The molecule has 7 heteroatoms. The van der Waals surface area contributed by atoms with E-state index in [4.69, 9.17) is 21.7 Å². The van der Waals surface area contributed by atoms with E-state index in [1.807, 2.05) is 51.1 Å². The fraction of sp³-hybridized carbons (Fsp3) is 0.238. The van der Waals surface area contributed by atoms with E-state index in [0.717, 1.165) is 21.5 Å². The highest BCUT2D eigenvalue weighted by Crippen LogP contribution is 2.24. The molecule has 1 amide bonds. The van der Waals surface area contributed by atoms with Crippen molar-refractivity contribution in [3.63, 3.8) is 0 Å². The van der Waals surface area contributed by atoms with E-state index in [2.05, 4.69) is 33.1 Å². The number of halogens is 1. The average Bonchev–Trinajstić information content (AvgIpc) is 2.62. The van der Waals surface area contributed by atoms with Crippen molar-refractivity contribution >= 4 is 44.9 Å². The Kier molecular flexibility index (Phi) is 8.02. The minimum absolute atomic E-state index is 0.0524. The number of hydrogen-bond acceptors (Lipinski definition) is 4. The van der Waals surface area contributed by atoms with Gasteiger partial charge in [0.05, 0.1) is 11.7 Å². The van der Waals surface area contributed by atoms with Crippen LogP contribution in [0.1, 0.15) is 31.1 Å². The Labute approximate surface area is 179 Å². The van der Waals surface area contributed by atoms with Crippen molar-refractivity contribution in [2.75, 3.05) is 11.9 Å². The highest BCUT2D eigenvalue weighted by molar-refractivity contribution is 9.10. The van der Waals surface area contributed by atoms with Crippen LogP contribution < -0.4 is 20.1 Å². The number of amides is 1. The summed E-state index contributed by atoms with van der Waals surface area (Å²) in [5, 5.41) is 5.85. The number of rotatable bonds is 7. The number of anilines is 1. The van der Waals surface area contributed by atoms with E-state index in [1.54, 1.807) is 12.1 Å². The number of benzene rings is 2. The fourth-order valence-electron chi connectivity index (χ4n) is 2.21. The van der Waals surface area contributed by atoms with Crippen molar-refractivity contribution in [1.29, 1.82) is 0 Å². The molecule has 28 heavy (non-hydrogen) atoms. The average molecular weight is 463 g/mol. The van der Waals surface area contributed by atoms with Gasteiger partial charge in [0.25, 0.3) is 5.91 Å². The summed E-state index contributed by atoms with van der Waals surface area (Å²) in [6.07, 6.45) is -0.0524. The van der Waals surface area contributed by atoms with E-state index < -0.39 is 0 Å². The minimum atomic E-state index is -0.351. The van der Waals surface area contributed by atoms with Crippen LogP contribution in [0, 0.1) is 0 Å². The van der Waals surface area contributed by atoms with E-state index in [1.165, 1.54) is 0 Å². The van der Waals surface area contributed by atoms with Crippen LogP contribution in [0.3, 0.4) is 0 Å². The Morgan fingerprint density at radius 1 is 1.21 bits per heavy atom. The second kappa shape index (κ2) is 10.2. The Morgan fingerprint density at radius 3 is 2.50 bits per heavy atom. The third kappa shape index (κ3) is 6.98. The van der Waals surface area contributed by atoms with Gasteiger partial charge in [-0.25, -0.2) is 0 Å². The summed E-state index contributed by atoms with van der Waals surface area (Å²) in [7, 11) is 0. The highest BCUT2D eigenvalue weighted by Gasteiger charge is 2.15. The Hall–Kier alpha value is -2.38. The SMILES string of the molecule is C=C(C)COc1ccc(NC(=S)NC(=O)c2cc(Br)ccc2OC(C)C)cc1. The zero-order chi connectivity index (χ0) is 20.7. The molecule has 0 atom stereocenters. The largest absolute Gasteiger partial charge is 0.490 e. The molecule has 0 saturated heterocycles. The first-order valence-electron chi connectivity index (χ1n) is 8.70. The van der Waals surface area contributed by atoms with E-state index >= 15 is 0 Å². The molecule has 5 nitrogen and oxygen atoms in total. The predicted octanol–water partition coefficient (Wildman–Crippen LogP) is 5.32. The van der Waals surface area contributed by atoms with Gasteiger partial charge in [-0.3, -0.25) is 10.1 Å². The van der Waals surface area contributed by atoms with Gasteiger partial charge in [0.15, 0.2) is 5.11 Å². The maximum absolute atomic E-state index is 12.6. The van der Waals surface area contributed by atoms with Gasteiger partial charge in [-0.1, -0.05) is 22.5 Å². The summed E-state index contributed by atoms with van der Waals surface area (Å²) in [5.41, 5.74) is 2.08. The quantitative estimate of drug-likeness (QED) is 0.430.